The average Bonchev–Trinajstić information content (AvgIpc) is 2.40. The molecular formula is C15H16FNO2. The molecule has 19 heavy (non-hydrogen) atoms. The number of aromatic hydroxyl groups is 2. The van der Waals surface area contributed by atoms with Crippen molar-refractivity contribution in [2.24, 2.45) is 0 Å². The standard InChI is InChI=1S/C15H16FNO2/c1-10(12-6-2-3-7-13(12)16)17-9-11-5-4-8-14(18)15(11)19/h2-8,10,17-19H,9H2,1H3/t10-/m1/s1. The van der Waals surface area contributed by atoms with Gasteiger partial charge in [0.1, 0.15) is 5.82 Å². The third kappa shape index (κ3) is 3.03. The molecule has 2 rings (SSSR count). The molecule has 3 nitrogen and oxygen atoms in total. The molecular weight excluding hydrogens is 245 g/mol. The molecule has 0 aromatic heterocycles. The molecule has 4 heteroatoms. The Labute approximate surface area is 111 Å². The van der Waals surface area contributed by atoms with Gasteiger partial charge in [-0.1, -0.05) is 30.3 Å². The Bertz CT molecular complexity index is 572. The van der Waals surface area contributed by atoms with E-state index in [1.165, 1.54) is 12.1 Å². The van der Waals surface area contributed by atoms with Gasteiger partial charge in [-0.15, -0.1) is 0 Å². The smallest absolute Gasteiger partial charge is 0.161 e. The highest BCUT2D eigenvalue weighted by Crippen LogP contribution is 2.28. The third-order valence-electron chi connectivity index (χ3n) is 3.07. The number of hydrogen-bond acceptors (Lipinski definition) is 3. The van der Waals surface area contributed by atoms with Gasteiger partial charge < -0.3 is 15.5 Å². The molecule has 3 N–H and O–H groups in total. The number of hydrogen-bond donors (Lipinski definition) is 3. The Hall–Kier alpha value is -2.07. The zero-order valence-corrected chi connectivity index (χ0v) is 10.6. The van der Waals surface area contributed by atoms with Crippen LogP contribution in [0.3, 0.4) is 0 Å². The van der Waals surface area contributed by atoms with E-state index in [-0.39, 0.29) is 23.4 Å². The zero-order valence-electron chi connectivity index (χ0n) is 10.6. The maximum atomic E-state index is 13.6. The number of halogens is 1. The number of phenols is 2. The van der Waals surface area contributed by atoms with Gasteiger partial charge >= 0.3 is 0 Å². The van der Waals surface area contributed by atoms with E-state index in [1.54, 1.807) is 30.3 Å². The van der Waals surface area contributed by atoms with E-state index in [0.717, 1.165) is 0 Å². The predicted octanol–water partition coefficient (Wildman–Crippen LogP) is 3.09. The molecule has 0 bridgehead atoms. The monoisotopic (exact) mass is 261 g/mol. The zero-order chi connectivity index (χ0) is 13.8. The van der Waals surface area contributed by atoms with E-state index in [4.69, 9.17) is 0 Å². The summed E-state index contributed by atoms with van der Waals surface area (Å²) in [7, 11) is 0. The number of rotatable bonds is 4. The first kappa shape index (κ1) is 13.4. The van der Waals surface area contributed by atoms with Crippen LogP contribution in [0.1, 0.15) is 24.1 Å². The van der Waals surface area contributed by atoms with Crippen LogP contribution in [0, 0.1) is 5.82 Å². The highest BCUT2D eigenvalue weighted by atomic mass is 19.1. The summed E-state index contributed by atoms with van der Waals surface area (Å²) < 4.78 is 13.6. The maximum absolute atomic E-state index is 13.6. The van der Waals surface area contributed by atoms with Gasteiger partial charge in [0.15, 0.2) is 11.5 Å². The fourth-order valence-electron chi connectivity index (χ4n) is 1.92. The first-order valence-electron chi connectivity index (χ1n) is 6.07. The Balaban J connectivity index is 2.07. The Morgan fingerprint density at radius 3 is 2.58 bits per heavy atom. The molecule has 0 radical (unpaired) electrons. The lowest BCUT2D eigenvalue weighted by atomic mass is 10.1. The molecule has 0 amide bonds. The molecule has 0 fully saturated rings. The second-order valence-electron chi connectivity index (χ2n) is 4.41. The SMILES string of the molecule is C[C@@H](NCc1cccc(O)c1O)c1ccccc1F. The lowest BCUT2D eigenvalue weighted by Gasteiger charge is -2.15. The molecule has 2 aromatic carbocycles. The summed E-state index contributed by atoms with van der Waals surface area (Å²) in [5.41, 5.74) is 1.14. The van der Waals surface area contributed by atoms with Crippen LogP contribution < -0.4 is 5.32 Å². The van der Waals surface area contributed by atoms with Gasteiger partial charge in [-0.05, 0) is 19.1 Å². The second kappa shape index (κ2) is 5.71. The number of nitrogens with one attached hydrogen (secondary N) is 1. The second-order valence-corrected chi connectivity index (χ2v) is 4.41. The molecule has 0 saturated heterocycles. The van der Waals surface area contributed by atoms with Crippen molar-refractivity contribution in [2.45, 2.75) is 19.5 Å². The van der Waals surface area contributed by atoms with Crippen molar-refractivity contribution in [3.8, 4) is 11.5 Å². The molecule has 1 atom stereocenters. The van der Waals surface area contributed by atoms with Crippen LogP contribution in [-0.2, 0) is 6.54 Å². The summed E-state index contributed by atoms with van der Waals surface area (Å²) in [5, 5.41) is 22.2. The first-order chi connectivity index (χ1) is 9.09. The van der Waals surface area contributed by atoms with E-state index < -0.39 is 0 Å². The Morgan fingerprint density at radius 2 is 1.84 bits per heavy atom. The van der Waals surface area contributed by atoms with Crippen molar-refractivity contribution >= 4 is 0 Å². The normalized spacial score (nSPS) is 12.3. The van der Waals surface area contributed by atoms with Crippen molar-refractivity contribution in [3.63, 3.8) is 0 Å². The summed E-state index contributed by atoms with van der Waals surface area (Å²) in [5.74, 6) is -0.559. The van der Waals surface area contributed by atoms with E-state index in [0.29, 0.717) is 17.7 Å². The van der Waals surface area contributed by atoms with E-state index in [1.807, 2.05) is 6.92 Å². The van der Waals surface area contributed by atoms with Gasteiger partial charge in [-0.3, -0.25) is 0 Å². The van der Waals surface area contributed by atoms with E-state index in [2.05, 4.69) is 5.32 Å². The molecule has 2 aromatic rings. The Kier molecular flexibility index (Phi) is 4.02. The lowest BCUT2D eigenvalue weighted by Crippen LogP contribution is -2.19. The highest BCUT2D eigenvalue weighted by molar-refractivity contribution is 5.44. The van der Waals surface area contributed by atoms with Crippen molar-refractivity contribution in [3.05, 3.63) is 59.4 Å². The molecule has 0 aliphatic heterocycles. The van der Waals surface area contributed by atoms with Gasteiger partial charge in [-0.2, -0.15) is 0 Å². The lowest BCUT2D eigenvalue weighted by molar-refractivity contribution is 0.396. The van der Waals surface area contributed by atoms with Gasteiger partial charge in [-0.25, -0.2) is 4.39 Å². The van der Waals surface area contributed by atoms with Crippen LogP contribution in [0.5, 0.6) is 11.5 Å². The number of benzene rings is 2. The maximum Gasteiger partial charge on any atom is 0.161 e. The molecule has 0 aliphatic rings. The number of phenolic OH excluding ortho intramolecular Hbond substituents is 2. The highest BCUT2D eigenvalue weighted by Gasteiger charge is 2.11. The summed E-state index contributed by atoms with van der Waals surface area (Å²) in [6, 6.07) is 11.1. The molecule has 0 saturated carbocycles. The molecule has 0 unspecified atom stereocenters. The molecule has 0 spiro atoms. The van der Waals surface area contributed by atoms with E-state index >= 15 is 0 Å². The third-order valence-corrected chi connectivity index (χ3v) is 3.07. The largest absolute Gasteiger partial charge is 0.504 e. The fourth-order valence-corrected chi connectivity index (χ4v) is 1.92. The minimum Gasteiger partial charge on any atom is -0.504 e. The molecule has 0 aliphatic carbocycles. The average molecular weight is 261 g/mol. The van der Waals surface area contributed by atoms with Crippen molar-refractivity contribution in [1.29, 1.82) is 0 Å². The Morgan fingerprint density at radius 1 is 1.11 bits per heavy atom. The quantitative estimate of drug-likeness (QED) is 0.741. The van der Waals surface area contributed by atoms with Crippen molar-refractivity contribution in [2.75, 3.05) is 0 Å². The van der Waals surface area contributed by atoms with Crippen LogP contribution in [0.15, 0.2) is 42.5 Å². The first-order valence-corrected chi connectivity index (χ1v) is 6.07. The van der Waals surface area contributed by atoms with Gasteiger partial charge in [0.05, 0.1) is 0 Å². The summed E-state index contributed by atoms with van der Waals surface area (Å²) in [6.07, 6.45) is 0. The van der Waals surface area contributed by atoms with Crippen LogP contribution in [0.25, 0.3) is 0 Å². The van der Waals surface area contributed by atoms with Gasteiger partial charge in [0, 0.05) is 23.7 Å². The van der Waals surface area contributed by atoms with Crippen LogP contribution in [0.4, 0.5) is 4.39 Å². The minimum absolute atomic E-state index is 0.143. The van der Waals surface area contributed by atoms with Gasteiger partial charge in [0.2, 0.25) is 0 Å². The van der Waals surface area contributed by atoms with Crippen LogP contribution in [0.2, 0.25) is 0 Å². The molecule has 0 heterocycles. The van der Waals surface area contributed by atoms with E-state index in [9.17, 15) is 14.6 Å². The summed E-state index contributed by atoms with van der Waals surface area (Å²) in [4.78, 5) is 0. The van der Waals surface area contributed by atoms with Crippen LogP contribution >= 0.6 is 0 Å². The van der Waals surface area contributed by atoms with Gasteiger partial charge in [0.25, 0.3) is 0 Å². The van der Waals surface area contributed by atoms with Crippen molar-refractivity contribution in [1.82, 2.24) is 5.32 Å². The molecule has 100 valence electrons. The fraction of sp³-hybridized carbons (Fsp3) is 0.200. The minimum atomic E-state index is -0.261. The summed E-state index contributed by atoms with van der Waals surface area (Å²) in [6.45, 7) is 2.19. The number of para-hydroxylation sites is 1. The van der Waals surface area contributed by atoms with Crippen molar-refractivity contribution < 1.29 is 14.6 Å². The predicted molar refractivity (Wildman–Crippen MR) is 71.4 cm³/mol. The van der Waals surface area contributed by atoms with Crippen LogP contribution in [-0.4, -0.2) is 10.2 Å². The topological polar surface area (TPSA) is 52.5 Å². The summed E-state index contributed by atoms with van der Waals surface area (Å²) >= 11 is 0.